The summed E-state index contributed by atoms with van der Waals surface area (Å²) >= 11 is 0. The Morgan fingerprint density at radius 3 is 2.44 bits per heavy atom. The molecule has 1 aliphatic carbocycles. The molecule has 11 atom stereocenters. The zero-order valence-electron chi connectivity index (χ0n) is 28.1. The number of hydrogen-bond donors (Lipinski definition) is 2. The fraction of sp³-hybridized carbons (Fsp3) is 0.743. The van der Waals surface area contributed by atoms with E-state index in [4.69, 9.17) is 23.7 Å². The van der Waals surface area contributed by atoms with Gasteiger partial charge in [0.25, 0.3) is 0 Å². The first kappa shape index (κ1) is 36.9. The van der Waals surface area contributed by atoms with Gasteiger partial charge in [-0.1, -0.05) is 52.0 Å². The molecule has 0 radical (unpaired) electrons. The number of rotatable bonds is 12. The minimum absolute atomic E-state index is 0.0317. The molecule has 0 amide bonds. The quantitative estimate of drug-likeness (QED) is 0.103. The van der Waals surface area contributed by atoms with Crippen LogP contribution in [-0.2, 0) is 38.1 Å². The fourth-order valence-corrected chi connectivity index (χ4v) is 6.03. The Morgan fingerprint density at radius 2 is 1.84 bits per heavy atom. The van der Waals surface area contributed by atoms with Crippen LogP contribution in [0.3, 0.4) is 0 Å². The highest BCUT2D eigenvalue weighted by molar-refractivity contribution is 5.75. The third-order valence-electron chi connectivity index (χ3n) is 9.22. The maximum absolute atomic E-state index is 12.8. The smallest absolute Gasteiger partial charge is 0.309 e. The fourth-order valence-electron chi connectivity index (χ4n) is 6.03. The van der Waals surface area contributed by atoms with Crippen molar-refractivity contribution in [3.05, 3.63) is 36.0 Å². The van der Waals surface area contributed by atoms with Gasteiger partial charge in [-0.2, -0.15) is 0 Å². The van der Waals surface area contributed by atoms with Crippen LogP contribution in [0.25, 0.3) is 0 Å². The topological polar surface area (TPSA) is 141 Å². The second kappa shape index (κ2) is 16.3. The van der Waals surface area contributed by atoms with E-state index in [9.17, 15) is 24.6 Å². The molecule has 0 spiro atoms. The highest BCUT2D eigenvalue weighted by Crippen LogP contribution is 2.40. The summed E-state index contributed by atoms with van der Waals surface area (Å²) in [6.07, 6.45) is 8.35. The number of carbonyl (C=O) groups excluding carboxylic acids is 3. The van der Waals surface area contributed by atoms with Crippen molar-refractivity contribution in [3.63, 3.8) is 0 Å². The third-order valence-corrected chi connectivity index (χ3v) is 9.22. The van der Waals surface area contributed by atoms with Gasteiger partial charge >= 0.3 is 17.9 Å². The van der Waals surface area contributed by atoms with Gasteiger partial charge in [-0.15, -0.1) is 0 Å². The van der Waals surface area contributed by atoms with Crippen molar-refractivity contribution in [2.24, 2.45) is 23.7 Å². The molecule has 3 aliphatic rings. The molecule has 1 saturated heterocycles. The maximum Gasteiger partial charge on any atom is 0.309 e. The van der Waals surface area contributed by atoms with Gasteiger partial charge in [0, 0.05) is 31.8 Å². The third kappa shape index (κ3) is 10.8. The predicted octanol–water partition coefficient (Wildman–Crippen LogP) is 4.61. The van der Waals surface area contributed by atoms with Gasteiger partial charge in [-0.25, -0.2) is 0 Å². The van der Waals surface area contributed by atoms with E-state index in [0.717, 1.165) is 24.8 Å². The van der Waals surface area contributed by atoms with Gasteiger partial charge in [0.1, 0.15) is 30.0 Å². The van der Waals surface area contributed by atoms with E-state index in [1.807, 2.05) is 39.0 Å². The van der Waals surface area contributed by atoms with Crippen molar-refractivity contribution < 1.29 is 48.3 Å². The number of epoxide rings is 1. The lowest BCUT2D eigenvalue weighted by molar-refractivity contribution is -0.157. The Bertz CT molecular complexity index is 1100. The number of ether oxygens (including phenoxy) is 5. The van der Waals surface area contributed by atoms with Crippen LogP contribution >= 0.6 is 0 Å². The first-order chi connectivity index (χ1) is 21.2. The number of cyclic esters (lactones) is 1. The molecule has 11 unspecified atom stereocenters. The van der Waals surface area contributed by atoms with E-state index in [0.29, 0.717) is 0 Å². The van der Waals surface area contributed by atoms with Crippen LogP contribution in [0.2, 0.25) is 0 Å². The summed E-state index contributed by atoms with van der Waals surface area (Å²) in [7, 11) is 1.70. The summed E-state index contributed by atoms with van der Waals surface area (Å²) in [5.74, 6) is -1.64. The van der Waals surface area contributed by atoms with Gasteiger partial charge in [0.05, 0.1) is 30.7 Å². The molecular formula is C35H54O10. The Balaban J connectivity index is 1.79. The van der Waals surface area contributed by atoms with Crippen molar-refractivity contribution in [3.8, 4) is 0 Å². The van der Waals surface area contributed by atoms with Gasteiger partial charge in [-0.3, -0.25) is 14.4 Å². The first-order valence-corrected chi connectivity index (χ1v) is 16.4. The van der Waals surface area contributed by atoms with Gasteiger partial charge < -0.3 is 33.9 Å². The summed E-state index contributed by atoms with van der Waals surface area (Å²) in [4.78, 5) is 37.2. The van der Waals surface area contributed by atoms with Crippen molar-refractivity contribution in [2.75, 3.05) is 7.11 Å². The first-order valence-electron chi connectivity index (χ1n) is 16.4. The van der Waals surface area contributed by atoms with E-state index in [1.165, 1.54) is 6.92 Å². The number of methoxy groups -OCH3 is 1. The summed E-state index contributed by atoms with van der Waals surface area (Å²) in [5, 5.41) is 21.5. The summed E-state index contributed by atoms with van der Waals surface area (Å²) < 4.78 is 28.9. The number of aliphatic hydroxyl groups is 2. The average molecular weight is 635 g/mol. The minimum atomic E-state index is -1.44. The highest BCUT2D eigenvalue weighted by atomic mass is 16.6. The molecule has 45 heavy (non-hydrogen) atoms. The SMILES string of the molecule is CCC(OC)C(C)C1OC1C(OC(=O)C1CC1)C(C)/C=C/C=C(\C)C1OC(=O)CC(O)CCC(C)(O)C(OC(C)=O)/C=C/C1C. The number of carbonyl (C=O) groups is 3. The van der Waals surface area contributed by atoms with Crippen LogP contribution in [0.4, 0.5) is 0 Å². The van der Waals surface area contributed by atoms with Crippen LogP contribution < -0.4 is 0 Å². The Morgan fingerprint density at radius 1 is 1.16 bits per heavy atom. The van der Waals surface area contributed by atoms with Crippen molar-refractivity contribution in [2.45, 2.75) is 135 Å². The van der Waals surface area contributed by atoms with E-state index in [2.05, 4.69) is 13.8 Å². The molecule has 3 rings (SSSR count). The number of aliphatic hydroxyl groups excluding tert-OH is 1. The Labute approximate surface area is 268 Å². The molecule has 10 heteroatoms. The number of hydrogen-bond acceptors (Lipinski definition) is 10. The minimum Gasteiger partial charge on any atom is -0.459 e. The highest BCUT2D eigenvalue weighted by Gasteiger charge is 2.53. The standard InChI is InChI=1S/C35H54O10/c1-9-27(41-8)23(5)32-33(44-32)31(45-34(39)25-14-15-25)21(3)12-10-11-20(2)30-22(4)13-16-28(42-24(6)36)35(7,40)18-17-26(37)19-29(38)43-30/h10-13,16,21-23,25-28,30-33,37,40H,9,14-15,17-19H2,1-8H3/b12-10+,16-13+,20-11+. The molecule has 0 aromatic rings. The molecule has 2 fully saturated rings. The lowest BCUT2D eigenvalue weighted by Gasteiger charge is -2.32. The summed E-state index contributed by atoms with van der Waals surface area (Å²) in [6.45, 7) is 12.7. The molecule has 0 bridgehead atoms. The normalized spacial score (nSPS) is 34.8. The van der Waals surface area contributed by atoms with Crippen LogP contribution in [0.5, 0.6) is 0 Å². The van der Waals surface area contributed by atoms with Crippen molar-refractivity contribution in [1.29, 1.82) is 0 Å². The molecule has 2 N–H and O–H groups in total. The monoisotopic (exact) mass is 634 g/mol. The molecule has 0 aromatic heterocycles. The largest absolute Gasteiger partial charge is 0.459 e. The van der Waals surface area contributed by atoms with Gasteiger partial charge in [0.2, 0.25) is 0 Å². The van der Waals surface area contributed by atoms with E-state index in [1.54, 1.807) is 26.2 Å². The van der Waals surface area contributed by atoms with Crippen LogP contribution in [0.15, 0.2) is 36.0 Å². The maximum atomic E-state index is 12.8. The zero-order valence-corrected chi connectivity index (χ0v) is 28.1. The predicted molar refractivity (Wildman–Crippen MR) is 168 cm³/mol. The molecule has 2 aliphatic heterocycles. The number of esters is 3. The summed E-state index contributed by atoms with van der Waals surface area (Å²) in [5.41, 5.74) is -0.689. The van der Waals surface area contributed by atoms with Crippen LogP contribution in [0, 0.1) is 23.7 Å². The summed E-state index contributed by atoms with van der Waals surface area (Å²) in [6, 6.07) is 0. The zero-order chi connectivity index (χ0) is 33.5. The lowest BCUT2D eigenvalue weighted by atomic mass is 9.88. The Hall–Kier alpha value is -2.53. The Kier molecular flexibility index (Phi) is 13.4. The van der Waals surface area contributed by atoms with E-state index >= 15 is 0 Å². The van der Waals surface area contributed by atoms with Crippen molar-refractivity contribution in [1.82, 2.24) is 0 Å². The van der Waals surface area contributed by atoms with E-state index < -0.39 is 42.0 Å². The van der Waals surface area contributed by atoms with Crippen LogP contribution in [0.1, 0.15) is 87.0 Å². The second-order valence-electron chi connectivity index (χ2n) is 13.4. The average Bonchev–Trinajstić information content (AvgIpc) is 3.89. The molecular weight excluding hydrogens is 580 g/mol. The van der Waals surface area contributed by atoms with Gasteiger partial charge in [0.15, 0.2) is 0 Å². The number of allylic oxidation sites excluding steroid dienone is 2. The van der Waals surface area contributed by atoms with Gasteiger partial charge in [-0.05, 0) is 57.6 Å². The van der Waals surface area contributed by atoms with E-state index in [-0.39, 0.29) is 67.2 Å². The molecule has 2 heterocycles. The molecule has 1 saturated carbocycles. The van der Waals surface area contributed by atoms with Crippen molar-refractivity contribution >= 4 is 17.9 Å². The molecule has 254 valence electrons. The lowest BCUT2D eigenvalue weighted by Crippen LogP contribution is -2.42. The second-order valence-corrected chi connectivity index (χ2v) is 13.4. The molecule has 0 aromatic carbocycles. The van der Waals surface area contributed by atoms with Crippen LogP contribution in [-0.4, -0.2) is 83.6 Å². The molecule has 10 nitrogen and oxygen atoms in total.